The number of benzene rings is 2. The fourth-order valence-corrected chi connectivity index (χ4v) is 3.98. The Labute approximate surface area is 179 Å². The molecule has 0 atom stereocenters. The van der Waals surface area contributed by atoms with Crippen LogP contribution in [0.25, 0.3) is 21.6 Å². The van der Waals surface area contributed by atoms with Crippen LogP contribution in [0, 0.1) is 6.92 Å². The average Bonchev–Trinajstić information content (AvgIpc) is 3.29. The van der Waals surface area contributed by atoms with Gasteiger partial charge in [-0.25, -0.2) is 0 Å². The van der Waals surface area contributed by atoms with E-state index >= 15 is 0 Å². The maximum Gasteiger partial charge on any atom is 0.248 e. The van der Waals surface area contributed by atoms with Crippen LogP contribution >= 0.6 is 27.3 Å². The Morgan fingerprint density at radius 3 is 2.72 bits per heavy atom. The number of carbonyl (C=O) groups excluding carboxylic acids is 1. The summed E-state index contributed by atoms with van der Waals surface area (Å²) in [5, 5.41) is 16.3. The first kappa shape index (κ1) is 19.3. The number of rotatable bonds is 5. The molecule has 0 aliphatic carbocycles. The standard InChI is InChI=1S/C20H16BrN5O2S/c1-12-23-24-20-26(12)25-19(29-20)13-3-7-16(8-4-13)22-18(27)10-5-14-11-15(21)6-9-17(14)28-2/h3-11H,1-2H3,(H,22,27). The molecule has 1 N–H and O–H groups in total. The Bertz CT molecular complexity index is 1210. The van der Waals surface area contributed by atoms with E-state index in [2.05, 4.69) is 36.5 Å². The Balaban J connectivity index is 1.45. The number of aromatic nitrogens is 4. The van der Waals surface area contributed by atoms with Crippen molar-refractivity contribution in [1.29, 1.82) is 0 Å². The predicted molar refractivity (Wildman–Crippen MR) is 117 cm³/mol. The second-order valence-electron chi connectivity index (χ2n) is 6.14. The van der Waals surface area contributed by atoms with Crippen molar-refractivity contribution in [2.24, 2.45) is 0 Å². The van der Waals surface area contributed by atoms with Crippen LogP contribution in [0.15, 0.2) is 53.0 Å². The predicted octanol–water partition coefficient (Wildman–Crippen LogP) is 4.58. The molecule has 1 amide bonds. The van der Waals surface area contributed by atoms with Crippen molar-refractivity contribution in [1.82, 2.24) is 19.8 Å². The smallest absolute Gasteiger partial charge is 0.248 e. The summed E-state index contributed by atoms with van der Waals surface area (Å²) in [6.07, 6.45) is 3.19. The maximum absolute atomic E-state index is 12.3. The van der Waals surface area contributed by atoms with E-state index in [9.17, 15) is 4.79 Å². The minimum Gasteiger partial charge on any atom is -0.496 e. The summed E-state index contributed by atoms with van der Waals surface area (Å²) < 4.78 is 7.94. The summed E-state index contributed by atoms with van der Waals surface area (Å²) in [5.41, 5.74) is 2.46. The van der Waals surface area contributed by atoms with Crippen LogP contribution in [0.1, 0.15) is 11.4 Å². The molecular weight excluding hydrogens is 454 g/mol. The van der Waals surface area contributed by atoms with Gasteiger partial charge in [0.25, 0.3) is 0 Å². The molecule has 2 heterocycles. The largest absolute Gasteiger partial charge is 0.496 e. The summed E-state index contributed by atoms with van der Waals surface area (Å²) in [5.74, 6) is 1.22. The second-order valence-corrected chi connectivity index (χ2v) is 8.01. The highest BCUT2D eigenvalue weighted by atomic mass is 79.9. The van der Waals surface area contributed by atoms with Crippen molar-refractivity contribution in [3.63, 3.8) is 0 Å². The molecule has 0 spiro atoms. The molecule has 2 aromatic carbocycles. The third-order valence-corrected chi connectivity index (χ3v) is 5.59. The summed E-state index contributed by atoms with van der Waals surface area (Å²) in [6.45, 7) is 1.86. The highest BCUT2D eigenvalue weighted by molar-refractivity contribution is 9.10. The van der Waals surface area contributed by atoms with E-state index in [1.54, 1.807) is 17.7 Å². The van der Waals surface area contributed by atoms with Gasteiger partial charge < -0.3 is 10.1 Å². The van der Waals surface area contributed by atoms with Gasteiger partial charge >= 0.3 is 0 Å². The number of halogens is 1. The van der Waals surface area contributed by atoms with Gasteiger partial charge in [-0.05, 0) is 55.5 Å². The van der Waals surface area contributed by atoms with Crippen molar-refractivity contribution < 1.29 is 9.53 Å². The first-order valence-corrected chi connectivity index (χ1v) is 10.3. The molecule has 0 fully saturated rings. The lowest BCUT2D eigenvalue weighted by atomic mass is 10.2. The van der Waals surface area contributed by atoms with Crippen molar-refractivity contribution in [2.45, 2.75) is 6.92 Å². The van der Waals surface area contributed by atoms with Gasteiger partial charge in [-0.15, -0.1) is 10.2 Å². The van der Waals surface area contributed by atoms with E-state index in [-0.39, 0.29) is 5.91 Å². The molecular formula is C20H16BrN5O2S. The second kappa shape index (κ2) is 8.14. The summed E-state index contributed by atoms with van der Waals surface area (Å²) in [4.78, 5) is 13.0. The maximum atomic E-state index is 12.3. The van der Waals surface area contributed by atoms with E-state index in [1.807, 2.05) is 49.4 Å². The fraction of sp³-hybridized carbons (Fsp3) is 0.100. The summed E-state index contributed by atoms with van der Waals surface area (Å²) in [7, 11) is 1.60. The SMILES string of the molecule is COc1ccc(Br)cc1C=CC(=O)Nc1ccc(-c2nn3c(C)nnc3s2)cc1. The molecule has 0 saturated heterocycles. The number of nitrogens with one attached hydrogen (secondary N) is 1. The number of amides is 1. The van der Waals surface area contributed by atoms with Gasteiger partial charge in [-0.2, -0.15) is 9.61 Å². The molecule has 0 aliphatic rings. The van der Waals surface area contributed by atoms with Crippen LogP contribution in [-0.4, -0.2) is 32.8 Å². The number of anilines is 1. The number of aryl methyl sites for hydroxylation is 1. The molecule has 146 valence electrons. The number of nitrogens with zero attached hydrogens (tertiary/aromatic N) is 4. The van der Waals surface area contributed by atoms with Crippen molar-refractivity contribution in [3.05, 3.63) is 64.4 Å². The lowest BCUT2D eigenvalue weighted by molar-refractivity contribution is -0.111. The number of hydrogen-bond donors (Lipinski definition) is 1. The Morgan fingerprint density at radius 1 is 1.21 bits per heavy atom. The first-order chi connectivity index (χ1) is 14.0. The molecule has 4 rings (SSSR count). The van der Waals surface area contributed by atoms with Crippen LogP contribution in [0.2, 0.25) is 0 Å². The third-order valence-electron chi connectivity index (χ3n) is 4.15. The molecule has 29 heavy (non-hydrogen) atoms. The summed E-state index contributed by atoms with van der Waals surface area (Å²) in [6, 6.07) is 13.1. The fourth-order valence-electron chi connectivity index (χ4n) is 2.71. The number of carbonyl (C=O) groups is 1. The Hall–Kier alpha value is -3.04. The number of methoxy groups -OCH3 is 1. The minimum absolute atomic E-state index is 0.228. The van der Waals surface area contributed by atoms with E-state index < -0.39 is 0 Å². The van der Waals surface area contributed by atoms with Gasteiger partial charge in [0.1, 0.15) is 10.8 Å². The third kappa shape index (κ3) is 4.20. The zero-order valence-electron chi connectivity index (χ0n) is 15.6. The molecule has 0 radical (unpaired) electrons. The molecule has 0 saturated carbocycles. The van der Waals surface area contributed by atoms with Gasteiger partial charge in [-0.3, -0.25) is 4.79 Å². The summed E-state index contributed by atoms with van der Waals surface area (Å²) >= 11 is 4.89. The molecule has 4 aromatic rings. The highest BCUT2D eigenvalue weighted by Crippen LogP contribution is 2.27. The van der Waals surface area contributed by atoms with E-state index in [1.165, 1.54) is 17.4 Å². The van der Waals surface area contributed by atoms with Crippen LogP contribution in [0.5, 0.6) is 5.75 Å². The van der Waals surface area contributed by atoms with Crippen LogP contribution < -0.4 is 10.1 Å². The zero-order chi connectivity index (χ0) is 20.4. The zero-order valence-corrected chi connectivity index (χ0v) is 18.0. The lowest BCUT2D eigenvalue weighted by Gasteiger charge is -2.05. The molecule has 7 nitrogen and oxygen atoms in total. The normalized spacial score (nSPS) is 11.3. The monoisotopic (exact) mass is 469 g/mol. The van der Waals surface area contributed by atoms with Gasteiger partial charge in [0.2, 0.25) is 10.9 Å². The Kier molecular flexibility index (Phi) is 5.41. The highest BCUT2D eigenvalue weighted by Gasteiger charge is 2.10. The van der Waals surface area contributed by atoms with Gasteiger partial charge in [-0.1, -0.05) is 27.3 Å². The van der Waals surface area contributed by atoms with Crippen LogP contribution in [0.4, 0.5) is 5.69 Å². The van der Waals surface area contributed by atoms with E-state index in [0.717, 1.165) is 31.4 Å². The van der Waals surface area contributed by atoms with E-state index in [0.29, 0.717) is 11.4 Å². The van der Waals surface area contributed by atoms with Gasteiger partial charge in [0, 0.05) is 27.4 Å². The van der Waals surface area contributed by atoms with Crippen molar-refractivity contribution in [2.75, 3.05) is 12.4 Å². The quantitative estimate of drug-likeness (QED) is 0.432. The molecule has 0 bridgehead atoms. The minimum atomic E-state index is -0.228. The van der Waals surface area contributed by atoms with Gasteiger partial charge in [0.15, 0.2) is 5.82 Å². The molecule has 0 aliphatic heterocycles. The molecule has 9 heteroatoms. The molecule has 0 unspecified atom stereocenters. The lowest BCUT2D eigenvalue weighted by Crippen LogP contribution is -2.07. The molecule has 2 aromatic heterocycles. The Morgan fingerprint density at radius 2 is 2.00 bits per heavy atom. The average molecular weight is 470 g/mol. The number of ether oxygens (including phenoxy) is 1. The van der Waals surface area contributed by atoms with Crippen LogP contribution in [-0.2, 0) is 4.79 Å². The van der Waals surface area contributed by atoms with Crippen molar-refractivity contribution >= 4 is 49.9 Å². The van der Waals surface area contributed by atoms with Crippen molar-refractivity contribution in [3.8, 4) is 16.3 Å². The van der Waals surface area contributed by atoms with E-state index in [4.69, 9.17) is 4.74 Å². The van der Waals surface area contributed by atoms with Crippen LogP contribution in [0.3, 0.4) is 0 Å². The first-order valence-electron chi connectivity index (χ1n) is 8.65. The van der Waals surface area contributed by atoms with Gasteiger partial charge in [0.05, 0.1) is 7.11 Å². The topological polar surface area (TPSA) is 81.4 Å². The number of fused-ring (bicyclic) bond motifs is 1. The number of hydrogen-bond acceptors (Lipinski definition) is 6.